The predicted octanol–water partition coefficient (Wildman–Crippen LogP) is 4.08. The van der Waals surface area contributed by atoms with Gasteiger partial charge >= 0.3 is 11.9 Å². The number of aromatic carboxylic acids is 2. The first kappa shape index (κ1) is 16.0. The monoisotopic (exact) mass is 312 g/mol. The molecule has 0 aromatic heterocycles. The molecule has 0 fully saturated rings. The van der Waals surface area contributed by atoms with E-state index in [1.165, 1.54) is 24.3 Å². The molecule has 2 aromatic carbocycles. The summed E-state index contributed by atoms with van der Waals surface area (Å²) < 4.78 is 0. The van der Waals surface area contributed by atoms with Gasteiger partial charge in [0.05, 0.1) is 21.2 Å². The fourth-order valence-corrected chi connectivity index (χ4v) is 1.47. The maximum absolute atomic E-state index is 10.3. The molecule has 104 valence electrons. The predicted molar refractivity (Wildman–Crippen MR) is 76.8 cm³/mol. The van der Waals surface area contributed by atoms with E-state index in [-0.39, 0.29) is 11.1 Å². The number of hydrogen-bond donors (Lipinski definition) is 2. The number of rotatable bonds is 2. The summed E-state index contributed by atoms with van der Waals surface area (Å²) in [5.41, 5.74) is 0.167. The quantitative estimate of drug-likeness (QED) is 0.876. The molecule has 0 aliphatic heterocycles. The highest BCUT2D eigenvalue weighted by Gasteiger charge is 2.04. The summed E-state index contributed by atoms with van der Waals surface area (Å²) in [5, 5.41) is 18.1. The van der Waals surface area contributed by atoms with Crippen molar-refractivity contribution < 1.29 is 19.8 Å². The fraction of sp³-hybridized carbons (Fsp3) is 0. The second-order valence-corrected chi connectivity index (χ2v) is 4.42. The van der Waals surface area contributed by atoms with Crippen LogP contribution in [0.1, 0.15) is 20.7 Å². The van der Waals surface area contributed by atoms with Crippen LogP contribution in [-0.2, 0) is 0 Å². The van der Waals surface area contributed by atoms with Crippen molar-refractivity contribution >= 4 is 35.1 Å². The van der Waals surface area contributed by atoms with Gasteiger partial charge in [-0.1, -0.05) is 35.3 Å². The first-order valence-electron chi connectivity index (χ1n) is 5.38. The highest BCUT2D eigenvalue weighted by atomic mass is 35.5. The minimum absolute atomic E-state index is 0.0833. The van der Waals surface area contributed by atoms with E-state index >= 15 is 0 Å². The van der Waals surface area contributed by atoms with Gasteiger partial charge in [0.15, 0.2) is 0 Å². The number of hydrogen-bond acceptors (Lipinski definition) is 2. The summed E-state index contributed by atoms with van der Waals surface area (Å²) in [6, 6.07) is 12.2. The molecule has 0 atom stereocenters. The van der Waals surface area contributed by atoms with Gasteiger partial charge in [0, 0.05) is 0 Å². The van der Waals surface area contributed by atoms with Gasteiger partial charge in [0.1, 0.15) is 0 Å². The third-order valence-electron chi connectivity index (χ3n) is 2.20. The number of benzene rings is 2. The van der Waals surface area contributed by atoms with Gasteiger partial charge in [-0.3, -0.25) is 0 Å². The van der Waals surface area contributed by atoms with Gasteiger partial charge in [-0.2, -0.15) is 0 Å². The molecule has 0 spiro atoms. The van der Waals surface area contributed by atoms with Crippen LogP contribution in [0.15, 0.2) is 48.5 Å². The molecular formula is C14H10Cl2O4. The van der Waals surface area contributed by atoms with Crippen LogP contribution in [0.3, 0.4) is 0 Å². The smallest absolute Gasteiger partial charge is 0.335 e. The molecule has 0 saturated carbocycles. The zero-order valence-corrected chi connectivity index (χ0v) is 11.6. The van der Waals surface area contributed by atoms with Crippen molar-refractivity contribution in [3.63, 3.8) is 0 Å². The van der Waals surface area contributed by atoms with E-state index < -0.39 is 11.9 Å². The molecule has 0 bridgehead atoms. The molecule has 0 radical (unpaired) electrons. The summed E-state index contributed by atoms with van der Waals surface area (Å²) in [4.78, 5) is 20.7. The van der Waals surface area contributed by atoms with E-state index in [1.807, 2.05) is 12.1 Å². The zero-order chi connectivity index (χ0) is 15.1. The minimum Gasteiger partial charge on any atom is -0.478 e. The largest absolute Gasteiger partial charge is 0.478 e. The first-order chi connectivity index (χ1) is 9.41. The van der Waals surface area contributed by atoms with E-state index in [0.29, 0.717) is 10.0 Å². The molecule has 20 heavy (non-hydrogen) atoms. The highest BCUT2D eigenvalue weighted by Crippen LogP contribution is 2.19. The number of halogens is 2. The van der Waals surface area contributed by atoms with Crippen LogP contribution < -0.4 is 0 Å². The highest BCUT2D eigenvalue weighted by molar-refractivity contribution is 6.41. The van der Waals surface area contributed by atoms with Gasteiger partial charge in [-0.25, -0.2) is 9.59 Å². The van der Waals surface area contributed by atoms with Crippen molar-refractivity contribution in [2.24, 2.45) is 0 Å². The van der Waals surface area contributed by atoms with E-state index in [1.54, 1.807) is 12.1 Å². The summed E-state index contributed by atoms with van der Waals surface area (Å²) >= 11 is 11.2. The molecule has 0 heterocycles. The Labute approximate surface area is 125 Å². The molecule has 6 heteroatoms. The molecule has 0 amide bonds. The lowest BCUT2D eigenvalue weighted by atomic mass is 10.1. The lowest BCUT2D eigenvalue weighted by Gasteiger charge is -1.94. The second-order valence-electron chi connectivity index (χ2n) is 3.60. The lowest BCUT2D eigenvalue weighted by Crippen LogP contribution is -1.99. The summed E-state index contributed by atoms with van der Waals surface area (Å²) in [7, 11) is 0. The lowest BCUT2D eigenvalue weighted by molar-refractivity contribution is 0.0681. The van der Waals surface area contributed by atoms with Crippen molar-refractivity contribution in [2.45, 2.75) is 0 Å². The Balaban J connectivity index is 0.000000217. The molecule has 2 N–H and O–H groups in total. The van der Waals surface area contributed by atoms with Crippen molar-refractivity contribution in [2.75, 3.05) is 0 Å². The van der Waals surface area contributed by atoms with Crippen molar-refractivity contribution in [3.05, 3.63) is 69.7 Å². The number of carboxylic acid groups (broad SMARTS) is 2. The van der Waals surface area contributed by atoms with Gasteiger partial charge in [-0.15, -0.1) is 0 Å². The standard InChI is InChI=1S/C8H6O4.C6H4Cl2/c9-7(10)5-1-2-6(4-3-5)8(11)12;7-5-3-1-2-4-6(5)8/h1-4H,(H,9,10)(H,11,12);1-4H. The zero-order valence-electron chi connectivity index (χ0n) is 10.1. The van der Waals surface area contributed by atoms with Crippen molar-refractivity contribution in [3.8, 4) is 0 Å². The SMILES string of the molecule is Clc1ccccc1Cl.O=C(O)c1ccc(C(=O)O)cc1. The van der Waals surface area contributed by atoms with E-state index in [2.05, 4.69) is 0 Å². The van der Waals surface area contributed by atoms with Crippen LogP contribution in [-0.4, -0.2) is 22.2 Å². The van der Waals surface area contributed by atoms with Gasteiger partial charge in [-0.05, 0) is 36.4 Å². The summed E-state index contributed by atoms with van der Waals surface area (Å²) in [5.74, 6) is -2.13. The Morgan fingerprint density at radius 2 is 1.00 bits per heavy atom. The molecule has 0 saturated heterocycles. The third kappa shape index (κ3) is 4.91. The summed E-state index contributed by atoms with van der Waals surface area (Å²) in [6.07, 6.45) is 0. The van der Waals surface area contributed by atoms with Crippen LogP contribution in [0.25, 0.3) is 0 Å². The van der Waals surface area contributed by atoms with Gasteiger partial charge < -0.3 is 10.2 Å². The molecule has 0 aliphatic carbocycles. The molecule has 2 rings (SSSR count). The molecule has 2 aromatic rings. The van der Waals surface area contributed by atoms with Gasteiger partial charge in [0.25, 0.3) is 0 Å². The average molecular weight is 313 g/mol. The summed E-state index contributed by atoms with van der Waals surface area (Å²) in [6.45, 7) is 0. The number of carbonyl (C=O) groups is 2. The van der Waals surface area contributed by atoms with E-state index in [4.69, 9.17) is 33.4 Å². The van der Waals surface area contributed by atoms with Crippen LogP contribution in [0.5, 0.6) is 0 Å². The minimum atomic E-state index is -1.06. The number of carboxylic acids is 2. The Hall–Kier alpha value is -2.04. The third-order valence-corrected chi connectivity index (χ3v) is 2.96. The maximum atomic E-state index is 10.3. The molecule has 0 aliphatic rings. The van der Waals surface area contributed by atoms with Crippen molar-refractivity contribution in [1.29, 1.82) is 0 Å². The van der Waals surface area contributed by atoms with Crippen molar-refractivity contribution in [1.82, 2.24) is 0 Å². The fourth-order valence-electron chi connectivity index (χ4n) is 1.19. The van der Waals surface area contributed by atoms with Crippen LogP contribution in [0.4, 0.5) is 0 Å². The van der Waals surface area contributed by atoms with Crippen LogP contribution in [0, 0.1) is 0 Å². The molecule has 0 unspecified atom stereocenters. The topological polar surface area (TPSA) is 74.6 Å². The first-order valence-corrected chi connectivity index (χ1v) is 6.14. The Kier molecular flexibility index (Phi) is 6.03. The normalized spacial score (nSPS) is 9.30. The van der Waals surface area contributed by atoms with Crippen LogP contribution >= 0.6 is 23.2 Å². The van der Waals surface area contributed by atoms with Crippen LogP contribution in [0.2, 0.25) is 10.0 Å². The maximum Gasteiger partial charge on any atom is 0.335 e. The Bertz CT molecular complexity index is 555. The van der Waals surface area contributed by atoms with E-state index in [0.717, 1.165) is 0 Å². The average Bonchev–Trinajstić information content (AvgIpc) is 2.43. The molecular weight excluding hydrogens is 303 g/mol. The molecule has 4 nitrogen and oxygen atoms in total. The Morgan fingerprint density at radius 3 is 1.20 bits per heavy atom. The second kappa shape index (κ2) is 7.53. The van der Waals surface area contributed by atoms with E-state index in [9.17, 15) is 9.59 Å². The van der Waals surface area contributed by atoms with Gasteiger partial charge in [0.2, 0.25) is 0 Å². The Morgan fingerprint density at radius 1 is 0.700 bits per heavy atom.